The van der Waals surface area contributed by atoms with Crippen LogP contribution in [0.2, 0.25) is 0 Å². The van der Waals surface area contributed by atoms with E-state index in [9.17, 15) is 4.79 Å². The molecule has 0 amide bonds. The lowest BCUT2D eigenvalue weighted by atomic mass is 10.1. The van der Waals surface area contributed by atoms with E-state index in [1.807, 2.05) is 25.1 Å². The number of rotatable bonds is 3. The average molecular weight is 238 g/mol. The molecule has 1 heterocycles. The van der Waals surface area contributed by atoms with Crippen molar-refractivity contribution in [1.29, 1.82) is 0 Å². The Kier molecular flexibility index (Phi) is 2.88. The summed E-state index contributed by atoms with van der Waals surface area (Å²) in [7, 11) is 1.62. The van der Waals surface area contributed by atoms with Crippen molar-refractivity contribution in [3.63, 3.8) is 0 Å². The second kappa shape index (κ2) is 4.18. The van der Waals surface area contributed by atoms with Gasteiger partial charge in [0.05, 0.1) is 7.11 Å². The summed E-state index contributed by atoms with van der Waals surface area (Å²) >= 11 is 5.43. The first-order chi connectivity index (χ1) is 7.61. The summed E-state index contributed by atoms with van der Waals surface area (Å²) in [6, 6.07) is 5.72. The number of aryl methyl sites for hydroxylation is 1. The molecule has 0 unspecified atom stereocenters. The Morgan fingerprint density at radius 2 is 2.25 bits per heavy atom. The average Bonchev–Trinajstić information content (AvgIpc) is 2.54. The van der Waals surface area contributed by atoms with E-state index in [1.54, 1.807) is 7.11 Å². The molecule has 0 aliphatic carbocycles. The SMILES string of the molecule is COc1ccc2[nH]c(C)c(CC(=O)Cl)c2c1. The van der Waals surface area contributed by atoms with E-state index < -0.39 is 0 Å². The van der Waals surface area contributed by atoms with Gasteiger partial charge in [0, 0.05) is 23.0 Å². The van der Waals surface area contributed by atoms with Crippen LogP contribution in [0, 0.1) is 6.92 Å². The predicted molar refractivity (Wildman–Crippen MR) is 64.2 cm³/mol. The molecular formula is C12H12ClNO2. The number of nitrogens with one attached hydrogen (secondary N) is 1. The monoisotopic (exact) mass is 237 g/mol. The van der Waals surface area contributed by atoms with E-state index in [1.165, 1.54) is 0 Å². The number of fused-ring (bicyclic) bond motifs is 1. The third-order valence-corrected chi connectivity index (χ3v) is 2.78. The summed E-state index contributed by atoms with van der Waals surface area (Å²) in [5, 5.41) is 0.637. The second-order valence-electron chi connectivity index (χ2n) is 3.67. The molecule has 0 saturated heterocycles. The largest absolute Gasteiger partial charge is 0.497 e. The molecule has 84 valence electrons. The van der Waals surface area contributed by atoms with Crippen molar-refractivity contribution >= 4 is 27.7 Å². The first kappa shape index (κ1) is 11.0. The number of carbonyl (C=O) groups excluding carboxylic acids is 1. The molecule has 0 spiro atoms. The summed E-state index contributed by atoms with van der Waals surface area (Å²) in [5.41, 5.74) is 2.90. The fourth-order valence-electron chi connectivity index (χ4n) is 1.86. The molecule has 4 heteroatoms. The topological polar surface area (TPSA) is 42.1 Å². The molecule has 1 aromatic carbocycles. The van der Waals surface area contributed by atoms with Gasteiger partial charge in [-0.3, -0.25) is 4.79 Å². The zero-order valence-corrected chi connectivity index (χ0v) is 9.89. The van der Waals surface area contributed by atoms with Gasteiger partial charge in [0.25, 0.3) is 0 Å². The minimum Gasteiger partial charge on any atom is -0.497 e. The zero-order chi connectivity index (χ0) is 11.7. The molecule has 0 bridgehead atoms. The molecule has 0 saturated carbocycles. The van der Waals surface area contributed by atoms with Crippen LogP contribution in [0.15, 0.2) is 18.2 Å². The molecule has 0 atom stereocenters. The maximum absolute atomic E-state index is 11.0. The Balaban J connectivity index is 2.61. The summed E-state index contributed by atoms with van der Waals surface area (Å²) < 4.78 is 5.16. The molecule has 0 radical (unpaired) electrons. The summed E-state index contributed by atoms with van der Waals surface area (Å²) in [5.74, 6) is 0.773. The van der Waals surface area contributed by atoms with E-state index in [4.69, 9.17) is 16.3 Å². The molecule has 0 aliphatic heterocycles. The standard InChI is InChI=1S/C12H12ClNO2/c1-7-9(6-12(13)15)10-5-8(16-2)3-4-11(10)14-7/h3-5,14H,6H2,1-2H3. The van der Waals surface area contributed by atoms with Crippen molar-refractivity contribution < 1.29 is 9.53 Å². The second-order valence-corrected chi connectivity index (χ2v) is 4.09. The molecule has 1 N–H and O–H groups in total. The minimum absolute atomic E-state index is 0.237. The quantitative estimate of drug-likeness (QED) is 0.834. The highest BCUT2D eigenvalue weighted by Gasteiger charge is 2.11. The molecule has 16 heavy (non-hydrogen) atoms. The van der Waals surface area contributed by atoms with Crippen LogP contribution in [0.4, 0.5) is 0 Å². The summed E-state index contributed by atoms with van der Waals surface area (Å²) in [4.78, 5) is 14.2. The zero-order valence-electron chi connectivity index (χ0n) is 9.13. The van der Waals surface area contributed by atoms with E-state index in [0.29, 0.717) is 0 Å². The lowest BCUT2D eigenvalue weighted by Gasteiger charge is -2.00. The molecular weight excluding hydrogens is 226 g/mol. The minimum atomic E-state index is -0.355. The van der Waals surface area contributed by atoms with E-state index >= 15 is 0 Å². The number of hydrogen-bond acceptors (Lipinski definition) is 2. The summed E-state index contributed by atoms with van der Waals surface area (Å²) in [6.07, 6.45) is 0.237. The fourth-order valence-corrected chi connectivity index (χ4v) is 1.99. The number of benzene rings is 1. The van der Waals surface area contributed by atoms with Crippen LogP contribution in [0.25, 0.3) is 10.9 Å². The van der Waals surface area contributed by atoms with Gasteiger partial charge in [-0.2, -0.15) is 0 Å². The normalized spacial score (nSPS) is 10.7. The molecule has 2 rings (SSSR count). The number of methoxy groups -OCH3 is 1. The number of hydrogen-bond donors (Lipinski definition) is 1. The lowest BCUT2D eigenvalue weighted by molar-refractivity contribution is -0.111. The van der Waals surface area contributed by atoms with Gasteiger partial charge in [-0.15, -0.1) is 0 Å². The van der Waals surface area contributed by atoms with Gasteiger partial charge in [-0.25, -0.2) is 0 Å². The van der Waals surface area contributed by atoms with Gasteiger partial charge < -0.3 is 9.72 Å². The van der Waals surface area contributed by atoms with Crippen LogP contribution in [0.5, 0.6) is 5.75 Å². The van der Waals surface area contributed by atoms with Gasteiger partial charge in [-0.1, -0.05) is 0 Å². The maximum atomic E-state index is 11.0. The Morgan fingerprint density at radius 1 is 1.50 bits per heavy atom. The molecule has 0 fully saturated rings. The van der Waals surface area contributed by atoms with Crippen molar-refractivity contribution in [2.45, 2.75) is 13.3 Å². The number of aromatic amines is 1. The third kappa shape index (κ3) is 1.91. The van der Waals surface area contributed by atoms with E-state index in [-0.39, 0.29) is 11.7 Å². The number of carbonyl (C=O) groups is 1. The number of H-pyrrole nitrogens is 1. The van der Waals surface area contributed by atoms with Crippen LogP contribution in [-0.4, -0.2) is 17.3 Å². The summed E-state index contributed by atoms with van der Waals surface area (Å²) in [6.45, 7) is 1.93. The van der Waals surface area contributed by atoms with Crippen molar-refractivity contribution in [1.82, 2.24) is 4.98 Å². The number of halogens is 1. The van der Waals surface area contributed by atoms with Crippen LogP contribution < -0.4 is 4.74 Å². The van der Waals surface area contributed by atoms with Crippen molar-refractivity contribution in [3.05, 3.63) is 29.5 Å². The van der Waals surface area contributed by atoms with Gasteiger partial charge >= 0.3 is 0 Å². The van der Waals surface area contributed by atoms with Crippen molar-refractivity contribution in [2.24, 2.45) is 0 Å². The molecule has 2 aromatic rings. The molecule has 1 aromatic heterocycles. The first-order valence-corrected chi connectivity index (χ1v) is 5.33. The Hall–Kier alpha value is -1.48. The predicted octanol–water partition coefficient (Wildman–Crippen LogP) is 2.79. The Morgan fingerprint density at radius 3 is 2.88 bits per heavy atom. The van der Waals surface area contributed by atoms with Crippen LogP contribution >= 0.6 is 11.6 Å². The highest BCUT2D eigenvalue weighted by molar-refractivity contribution is 6.63. The first-order valence-electron chi connectivity index (χ1n) is 4.95. The number of ether oxygens (including phenoxy) is 1. The van der Waals surface area contributed by atoms with E-state index in [0.717, 1.165) is 27.9 Å². The highest BCUT2D eigenvalue weighted by atomic mass is 35.5. The number of aromatic nitrogens is 1. The third-order valence-electron chi connectivity index (χ3n) is 2.64. The fraction of sp³-hybridized carbons (Fsp3) is 0.250. The van der Waals surface area contributed by atoms with Gasteiger partial charge in [-0.05, 0) is 42.3 Å². The van der Waals surface area contributed by atoms with Gasteiger partial charge in [0.15, 0.2) is 0 Å². The van der Waals surface area contributed by atoms with Crippen LogP contribution in [0.3, 0.4) is 0 Å². The smallest absolute Gasteiger partial charge is 0.226 e. The Bertz CT molecular complexity index is 545. The van der Waals surface area contributed by atoms with E-state index in [2.05, 4.69) is 4.98 Å². The Labute approximate surface area is 98.4 Å². The molecule has 0 aliphatic rings. The van der Waals surface area contributed by atoms with Crippen molar-refractivity contribution in [3.8, 4) is 5.75 Å². The lowest BCUT2D eigenvalue weighted by Crippen LogP contribution is -1.94. The van der Waals surface area contributed by atoms with Gasteiger partial charge in [0.2, 0.25) is 5.24 Å². The molecule has 3 nitrogen and oxygen atoms in total. The maximum Gasteiger partial charge on any atom is 0.226 e. The van der Waals surface area contributed by atoms with Gasteiger partial charge in [0.1, 0.15) is 5.75 Å². The van der Waals surface area contributed by atoms with Crippen LogP contribution in [0.1, 0.15) is 11.3 Å². The van der Waals surface area contributed by atoms with Crippen molar-refractivity contribution in [2.75, 3.05) is 7.11 Å². The highest BCUT2D eigenvalue weighted by Crippen LogP contribution is 2.26. The van der Waals surface area contributed by atoms with Crippen LogP contribution in [-0.2, 0) is 11.2 Å².